The third kappa shape index (κ3) is 4.53. The molecule has 1 N–H and O–H groups in total. The highest BCUT2D eigenvalue weighted by Crippen LogP contribution is 2.32. The summed E-state index contributed by atoms with van der Waals surface area (Å²) in [4.78, 5) is 26.5. The summed E-state index contributed by atoms with van der Waals surface area (Å²) in [6, 6.07) is 4.72. The van der Waals surface area contributed by atoms with Gasteiger partial charge in [-0.1, -0.05) is 0 Å². The van der Waals surface area contributed by atoms with Gasteiger partial charge >= 0.3 is 11.9 Å². The summed E-state index contributed by atoms with van der Waals surface area (Å²) >= 11 is 0. The van der Waals surface area contributed by atoms with Crippen LogP contribution in [0.15, 0.2) is 23.0 Å². The Labute approximate surface area is 175 Å². The Morgan fingerprint density at radius 2 is 1.87 bits per heavy atom. The highest BCUT2D eigenvalue weighted by Gasteiger charge is 2.39. The van der Waals surface area contributed by atoms with Crippen LogP contribution in [0.5, 0.6) is 11.5 Å². The average molecular weight is 441 g/mol. The number of rotatable bonds is 4. The molecule has 4 rings (SSSR count). The van der Waals surface area contributed by atoms with Crippen LogP contribution in [0.4, 0.5) is 18.9 Å². The van der Waals surface area contributed by atoms with Gasteiger partial charge in [-0.05, 0) is 25.0 Å². The molecule has 3 heterocycles. The Morgan fingerprint density at radius 1 is 1.19 bits per heavy atom. The van der Waals surface area contributed by atoms with Crippen molar-refractivity contribution in [3.8, 4) is 11.5 Å². The molecule has 12 heteroatoms. The van der Waals surface area contributed by atoms with Gasteiger partial charge in [-0.2, -0.15) is 13.2 Å². The van der Waals surface area contributed by atoms with Crippen molar-refractivity contribution in [1.82, 2.24) is 19.2 Å². The fourth-order valence-electron chi connectivity index (χ4n) is 3.79. The predicted molar refractivity (Wildman–Crippen MR) is 103 cm³/mol. The number of amides is 1. The lowest BCUT2D eigenvalue weighted by molar-refractivity contribution is -0.147. The largest absolute Gasteiger partial charge is 0.486 e. The van der Waals surface area contributed by atoms with Gasteiger partial charge in [-0.25, -0.2) is 9.48 Å². The van der Waals surface area contributed by atoms with Crippen molar-refractivity contribution in [2.24, 2.45) is 7.05 Å². The number of fused-ring (bicyclic) bond motifs is 1. The van der Waals surface area contributed by atoms with Crippen LogP contribution >= 0.6 is 0 Å². The molecular formula is C19H22F3N5O4. The number of carbonyl (C=O) groups excluding carboxylic acids is 1. The van der Waals surface area contributed by atoms with Crippen LogP contribution in [0, 0.1) is 0 Å². The first kappa shape index (κ1) is 21.2. The Kier molecular flexibility index (Phi) is 5.65. The fourth-order valence-corrected chi connectivity index (χ4v) is 3.79. The number of anilines is 1. The zero-order valence-corrected chi connectivity index (χ0v) is 16.8. The molecule has 0 atom stereocenters. The average Bonchev–Trinajstić information content (AvgIpc) is 3.03. The van der Waals surface area contributed by atoms with E-state index in [1.165, 1.54) is 0 Å². The molecule has 1 saturated heterocycles. The van der Waals surface area contributed by atoms with Gasteiger partial charge in [0.05, 0.1) is 12.6 Å². The Morgan fingerprint density at radius 3 is 2.52 bits per heavy atom. The minimum Gasteiger partial charge on any atom is -0.486 e. The topological polar surface area (TPSA) is 90.6 Å². The van der Waals surface area contributed by atoms with Crippen LogP contribution in [0.3, 0.4) is 0 Å². The van der Waals surface area contributed by atoms with Gasteiger partial charge in [0.15, 0.2) is 11.5 Å². The van der Waals surface area contributed by atoms with Crippen molar-refractivity contribution < 1.29 is 27.4 Å². The number of ether oxygens (including phenoxy) is 2. The maximum absolute atomic E-state index is 13.0. The van der Waals surface area contributed by atoms with Crippen molar-refractivity contribution in [1.29, 1.82) is 0 Å². The van der Waals surface area contributed by atoms with Gasteiger partial charge in [-0.15, -0.1) is 5.10 Å². The normalized spacial score (nSPS) is 17.5. The van der Waals surface area contributed by atoms with Crippen LogP contribution in [-0.2, 0) is 18.0 Å². The van der Waals surface area contributed by atoms with Crippen LogP contribution in [0.1, 0.15) is 24.7 Å². The van der Waals surface area contributed by atoms with E-state index in [0.717, 1.165) is 11.7 Å². The maximum Gasteiger partial charge on any atom is 0.451 e. The summed E-state index contributed by atoms with van der Waals surface area (Å²) in [6.07, 6.45) is -3.84. The summed E-state index contributed by atoms with van der Waals surface area (Å²) in [7, 11) is 1.06. The standard InChI is InChI=1S/C19H22F3N5O4/c1-25-17(19(20,21)22)24-27(18(25)29)13-4-6-26(7-5-13)11-16(28)23-12-2-3-14-15(10-12)31-9-8-30-14/h2-3,10,13H,4-9,11H2,1H3,(H,23,28). The van der Waals surface area contributed by atoms with E-state index < -0.39 is 23.7 Å². The number of halogens is 3. The van der Waals surface area contributed by atoms with E-state index in [-0.39, 0.29) is 12.5 Å². The van der Waals surface area contributed by atoms with Crippen molar-refractivity contribution in [3.63, 3.8) is 0 Å². The van der Waals surface area contributed by atoms with E-state index in [1.54, 1.807) is 18.2 Å². The molecular weight excluding hydrogens is 419 g/mol. The van der Waals surface area contributed by atoms with E-state index in [9.17, 15) is 22.8 Å². The van der Waals surface area contributed by atoms with Crippen molar-refractivity contribution in [2.75, 3.05) is 38.2 Å². The highest BCUT2D eigenvalue weighted by molar-refractivity contribution is 5.92. The van der Waals surface area contributed by atoms with Gasteiger partial charge in [0.25, 0.3) is 0 Å². The van der Waals surface area contributed by atoms with E-state index in [4.69, 9.17) is 9.47 Å². The third-order valence-corrected chi connectivity index (χ3v) is 5.35. The second kappa shape index (κ2) is 8.25. The summed E-state index contributed by atoms with van der Waals surface area (Å²) in [5.41, 5.74) is -0.203. The number of aromatic nitrogens is 3. The first-order valence-corrected chi connectivity index (χ1v) is 9.87. The lowest BCUT2D eigenvalue weighted by Gasteiger charge is -2.31. The molecule has 0 aliphatic carbocycles. The van der Waals surface area contributed by atoms with Gasteiger partial charge in [0, 0.05) is 31.9 Å². The van der Waals surface area contributed by atoms with E-state index in [0.29, 0.717) is 60.9 Å². The second-order valence-electron chi connectivity index (χ2n) is 7.52. The van der Waals surface area contributed by atoms with Gasteiger partial charge in [0.2, 0.25) is 11.7 Å². The number of nitrogens with zero attached hydrogens (tertiary/aromatic N) is 4. The summed E-state index contributed by atoms with van der Waals surface area (Å²) in [5.74, 6) is -0.225. The molecule has 2 aromatic rings. The molecule has 1 aromatic carbocycles. The number of hydrogen-bond acceptors (Lipinski definition) is 6. The highest BCUT2D eigenvalue weighted by atomic mass is 19.4. The molecule has 0 spiro atoms. The van der Waals surface area contributed by atoms with Gasteiger partial charge in [-0.3, -0.25) is 14.3 Å². The van der Waals surface area contributed by atoms with Gasteiger partial charge < -0.3 is 14.8 Å². The lowest BCUT2D eigenvalue weighted by atomic mass is 10.1. The molecule has 31 heavy (non-hydrogen) atoms. The summed E-state index contributed by atoms with van der Waals surface area (Å²) in [5, 5.41) is 6.31. The quantitative estimate of drug-likeness (QED) is 0.776. The van der Waals surface area contributed by atoms with Crippen LogP contribution in [0.25, 0.3) is 0 Å². The van der Waals surface area contributed by atoms with Crippen molar-refractivity contribution in [3.05, 3.63) is 34.5 Å². The number of benzene rings is 1. The Balaban J connectivity index is 1.32. The van der Waals surface area contributed by atoms with Gasteiger partial charge in [0.1, 0.15) is 13.2 Å². The zero-order chi connectivity index (χ0) is 22.2. The zero-order valence-electron chi connectivity index (χ0n) is 16.8. The minimum atomic E-state index is -4.69. The number of likely N-dealkylation sites (tertiary alicyclic amines) is 1. The molecule has 1 aromatic heterocycles. The Hall–Kier alpha value is -3.02. The van der Waals surface area contributed by atoms with Crippen LogP contribution in [-0.4, -0.2) is 58.0 Å². The molecule has 168 valence electrons. The number of carbonyl (C=O) groups is 1. The maximum atomic E-state index is 13.0. The number of hydrogen-bond donors (Lipinski definition) is 1. The number of alkyl halides is 3. The van der Waals surface area contributed by atoms with E-state index in [2.05, 4.69) is 10.4 Å². The molecule has 0 radical (unpaired) electrons. The molecule has 0 saturated carbocycles. The molecule has 1 fully saturated rings. The predicted octanol–water partition coefficient (Wildman–Crippen LogP) is 1.65. The van der Waals surface area contributed by atoms with E-state index in [1.807, 2.05) is 4.90 Å². The number of nitrogens with one attached hydrogen (secondary N) is 1. The molecule has 0 bridgehead atoms. The summed E-state index contributed by atoms with van der Waals surface area (Å²) in [6.45, 7) is 1.99. The van der Waals surface area contributed by atoms with Crippen LogP contribution < -0.4 is 20.5 Å². The SMILES string of the molecule is Cn1c(C(F)(F)F)nn(C2CCN(CC(=O)Nc3ccc4c(c3)OCCO4)CC2)c1=O. The third-order valence-electron chi connectivity index (χ3n) is 5.35. The molecule has 2 aliphatic heterocycles. The second-order valence-corrected chi connectivity index (χ2v) is 7.52. The number of piperidine rings is 1. The summed E-state index contributed by atoms with van der Waals surface area (Å²) < 4.78 is 51.3. The molecule has 9 nitrogen and oxygen atoms in total. The minimum absolute atomic E-state index is 0.131. The molecule has 0 unspecified atom stereocenters. The fraction of sp³-hybridized carbons (Fsp3) is 0.526. The van der Waals surface area contributed by atoms with Crippen molar-refractivity contribution in [2.45, 2.75) is 25.1 Å². The molecule has 2 aliphatic rings. The smallest absolute Gasteiger partial charge is 0.451 e. The monoisotopic (exact) mass is 441 g/mol. The molecule has 1 amide bonds. The van der Waals surface area contributed by atoms with Crippen molar-refractivity contribution >= 4 is 11.6 Å². The lowest BCUT2D eigenvalue weighted by Crippen LogP contribution is -2.41. The van der Waals surface area contributed by atoms with Crippen LogP contribution in [0.2, 0.25) is 0 Å². The van der Waals surface area contributed by atoms with E-state index >= 15 is 0 Å². The first-order chi connectivity index (χ1) is 14.7. The Bertz CT molecular complexity index is 1020. The first-order valence-electron chi connectivity index (χ1n) is 9.87.